The lowest BCUT2D eigenvalue weighted by atomic mass is 10.2. The highest BCUT2D eigenvalue weighted by molar-refractivity contribution is 9.11. The molecule has 1 unspecified atom stereocenters. The Balaban J connectivity index is 1.60. The minimum atomic E-state index is -4.42. The highest BCUT2D eigenvalue weighted by Gasteiger charge is 2.28. The molecule has 1 aliphatic heterocycles. The van der Waals surface area contributed by atoms with Crippen molar-refractivity contribution in [3.05, 3.63) is 68.8 Å². The topological polar surface area (TPSA) is 101 Å². The number of aliphatic imine (C=N–C) groups is 1. The molecule has 1 aromatic heterocycles. The number of sulfonamides is 1. The van der Waals surface area contributed by atoms with Crippen LogP contribution in [0, 0.1) is 11.6 Å². The Hall–Kier alpha value is -2.28. The van der Waals surface area contributed by atoms with Crippen LogP contribution in [0.25, 0.3) is 0 Å². The Morgan fingerprint density at radius 1 is 1.17 bits per heavy atom. The smallest absolute Gasteiger partial charge is 0.266 e. The zero-order valence-electron chi connectivity index (χ0n) is 14.8. The number of nitrogens with one attached hydrogen (secondary N) is 1. The number of furan rings is 1. The molecule has 3 aromatic rings. The normalized spacial score (nSPS) is 15.9. The Labute approximate surface area is 186 Å². The summed E-state index contributed by atoms with van der Waals surface area (Å²) in [7, 11) is -4.42. The van der Waals surface area contributed by atoms with Crippen molar-refractivity contribution < 1.29 is 21.6 Å². The van der Waals surface area contributed by atoms with Crippen molar-refractivity contribution in [1.82, 2.24) is 0 Å². The monoisotopic (exact) mass is 560 g/mol. The second-order valence-electron chi connectivity index (χ2n) is 6.23. The van der Waals surface area contributed by atoms with Crippen molar-refractivity contribution >= 4 is 65.5 Å². The maximum absolute atomic E-state index is 14.4. The SMILES string of the molecule is NC1c2ccoc2N=CN1c1ccc(NS(=O)(=O)c2c(F)c(Br)cc(F)c2Br)cc1. The number of nitrogens with zero attached hydrogens (tertiary/aromatic N) is 2. The number of nitrogens with two attached hydrogens (primary N) is 1. The Kier molecular flexibility index (Phi) is 5.43. The summed E-state index contributed by atoms with van der Waals surface area (Å²) in [6, 6.07) is 8.72. The van der Waals surface area contributed by atoms with Gasteiger partial charge in [-0.2, -0.15) is 0 Å². The van der Waals surface area contributed by atoms with Gasteiger partial charge in [0.05, 0.1) is 20.8 Å². The van der Waals surface area contributed by atoms with Crippen LogP contribution < -0.4 is 15.4 Å². The molecule has 156 valence electrons. The molecule has 30 heavy (non-hydrogen) atoms. The van der Waals surface area contributed by atoms with E-state index in [0.29, 0.717) is 17.1 Å². The molecule has 3 N–H and O–H groups in total. The van der Waals surface area contributed by atoms with Crippen LogP contribution >= 0.6 is 31.9 Å². The van der Waals surface area contributed by atoms with E-state index in [4.69, 9.17) is 10.2 Å². The maximum atomic E-state index is 14.4. The number of hydrogen-bond donors (Lipinski definition) is 2. The average molecular weight is 562 g/mol. The number of anilines is 2. The second-order valence-corrected chi connectivity index (χ2v) is 9.49. The first-order chi connectivity index (χ1) is 14.2. The maximum Gasteiger partial charge on any atom is 0.266 e. The van der Waals surface area contributed by atoms with Crippen molar-refractivity contribution in [1.29, 1.82) is 0 Å². The van der Waals surface area contributed by atoms with Gasteiger partial charge >= 0.3 is 0 Å². The van der Waals surface area contributed by atoms with Gasteiger partial charge in [-0.25, -0.2) is 22.2 Å². The number of rotatable bonds is 4. The summed E-state index contributed by atoms with van der Waals surface area (Å²) in [5, 5.41) is 0. The first-order valence-corrected chi connectivity index (χ1v) is 11.4. The highest BCUT2D eigenvalue weighted by Crippen LogP contribution is 2.35. The van der Waals surface area contributed by atoms with Gasteiger partial charge in [0.25, 0.3) is 10.0 Å². The summed E-state index contributed by atoms with van der Waals surface area (Å²) in [5.74, 6) is -1.60. The summed E-state index contributed by atoms with van der Waals surface area (Å²) < 4.78 is 60.2. The van der Waals surface area contributed by atoms with Gasteiger partial charge in [-0.05, 0) is 68.3 Å². The minimum Gasteiger partial charge on any atom is -0.446 e. The molecule has 0 saturated heterocycles. The number of fused-ring (bicyclic) bond motifs is 1. The molecular weight excluding hydrogens is 550 g/mol. The van der Waals surface area contributed by atoms with Gasteiger partial charge in [-0.15, -0.1) is 0 Å². The summed E-state index contributed by atoms with van der Waals surface area (Å²) >= 11 is 5.61. The summed E-state index contributed by atoms with van der Waals surface area (Å²) in [4.78, 5) is 5.01. The lowest BCUT2D eigenvalue weighted by Crippen LogP contribution is -2.35. The van der Waals surface area contributed by atoms with E-state index >= 15 is 0 Å². The van der Waals surface area contributed by atoms with Crippen molar-refractivity contribution in [2.24, 2.45) is 10.7 Å². The van der Waals surface area contributed by atoms with Crippen LogP contribution in [0.15, 0.2) is 65.9 Å². The van der Waals surface area contributed by atoms with Gasteiger partial charge < -0.3 is 15.1 Å². The van der Waals surface area contributed by atoms with Crippen LogP contribution in [-0.2, 0) is 10.0 Å². The standard InChI is InChI=1S/C18H12Br2F2N4O3S/c19-12-7-13(21)14(20)16(15(12)22)30(27,28)25-9-1-3-10(4-2-9)26-8-24-18-11(17(26)23)5-6-29-18/h1-8,17,25H,23H2. The van der Waals surface area contributed by atoms with Gasteiger partial charge in [0, 0.05) is 11.4 Å². The third-order valence-electron chi connectivity index (χ3n) is 4.35. The van der Waals surface area contributed by atoms with Crippen molar-refractivity contribution in [2.45, 2.75) is 11.1 Å². The summed E-state index contributed by atoms with van der Waals surface area (Å²) in [6.45, 7) is 0. The zero-order valence-corrected chi connectivity index (χ0v) is 18.8. The molecule has 2 heterocycles. The number of benzene rings is 2. The zero-order chi connectivity index (χ0) is 21.6. The third-order valence-corrected chi connectivity index (χ3v) is 7.39. The molecule has 0 saturated carbocycles. The van der Waals surface area contributed by atoms with Gasteiger partial charge in [0.15, 0.2) is 5.82 Å². The quantitative estimate of drug-likeness (QED) is 0.435. The van der Waals surface area contributed by atoms with E-state index < -0.39 is 37.2 Å². The van der Waals surface area contributed by atoms with Crippen LogP contribution in [-0.4, -0.2) is 14.8 Å². The second kappa shape index (κ2) is 7.76. The van der Waals surface area contributed by atoms with Crippen molar-refractivity contribution in [3.63, 3.8) is 0 Å². The van der Waals surface area contributed by atoms with E-state index in [0.717, 1.165) is 6.07 Å². The molecule has 2 aromatic carbocycles. The van der Waals surface area contributed by atoms with Crippen LogP contribution in [0.5, 0.6) is 0 Å². The van der Waals surface area contributed by atoms with E-state index in [2.05, 4.69) is 41.6 Å². The summed E-state index contributed by atoms with van der Waals surface area (Å²) in [6.07, 6.45) is 2.46. The first-order valence-electron chi connectivity index (χ1n) is 8.30. The van der Waals surface area contributed by atoms with Crippen molar-refractivity contribution in [2.75, 3.05) is 9.62 Å². The fourth-order valence-corrected chi connectivity index (χ4v) is 5.59. The largest absolute Gasteiger partial charge is 0.446 e. The van der Waals surface area contributed by atoms with Gasteiger partial charge in [-0.1, -0.05) is 0 Å². The van der Waals surface area contributed by atoms with E-state index in [1.54, 1.807) is 23.1 Å². The van der Waals surface area contributed by atoms with E-state index in [-0.39, 0.29) is 10.2 Å². The number of hydrogen-bond acceptors (Lipinski definition) is 6. The third kappa shape index (κ3) is 3.64. The molecule has 0 radical (unpaired) electrons. The Morgan fingerprint density at radius 3 is 2.57 bits per heavy atom. The van der Waals surface area contributed by atoms with E-state index in [9.17, 15) is 17.2 Å². The molecule has 0 fully saturated rings. The molecule has 1 aliphatic rings. The van der Waals surface area contributed by atoms with Crippen molar-refractivity contribution in [3.8, 4) is 0 Å². The molecular formula is C18H12Br2F2N4O3S. The fourth-order valence-electron chi connectivity index (χ4n) is 2.90. The molecule has 0 bridgehead atoms. The summed E-state index contributed by atoms with van der Waals surface area (Å²) in [5.41, 5.74) is 7.72. The minimum absolute atomic E-state index is 0.150. The number of halogens is 4. The first kappa shape index (κ1) is 21.0. The fraction of sp³-hybridized carbons (Fsp3) is 0.0556. The van der Waals surface area contributed by atoms with E-state index in [1.807, 2.05) is 0 Å². The lowest BCUT2D eigenvalue weighted by molar-refractivity contribution is 0.545. The van der Waals surface area contributed by atoms with Crippen LogP contribution in [0.1, 0.15) is 11.7 Å². The molecule has 0 amide bonds. The molecule has 7 nitrogen and oxygen atoms in total. The van der Waals surface area contributed by atoms with E-state index in [1.165, 1.54) is 24.7 Å². The Morgan fingerprint density at radius 2 is 1.87 bits per heavy atom. The Bertz CT molecular complexity index is 1240. The lowest BCUT2D eigenvalue weighted by Gasteiger charge is -2.29. The molecule has 0 spiro atoms. The molecule has 0 aliphatic carbocycles. The molecule has 4 rings (SSSR count). The average Bonchev–Trinajstić information content (AvgIpc) is 3.17. The van der Waals surface area contributed by atoms with Gasteiger partial charge in [0.1, 0.15) is 23.2 Å². The molecule has 12 heteroatoms. The predicted octanol–water partition coefficient (Wildman–Crippen LogP) is 5.02. The highest BCUT2D eigenvalue weighted by atomic mass is 79.9. The molecule has 1 atom stereocenters. The predicted molar refractivity (Wildman–Crippen MR) is 115 cm³/mol. The van der Waals surface area contributed by atoms with Crippen LogP contribution in [0.3, 0.4) is 0 Å². The van der Waals surface area contributed by atoms with Crippen LogP contribution in [0.2, 0.25) is 0 Å². The van der Waals surface area contributed by atoms with Crippen LogP contribution in [0.4, 0.5) is 26.0 Å². The van der Waals surface area contributed by atoms with Gasteiger partial charge in [-0.3, -0.25) is 4.72 Å². The van der Waals surface area contributed by atoms with Gasteiger partial charge in [0.2, 0.25) is 5.88 Å².